The lowest BCUT2D eigenvalue weighted by Crippen LogP contribution is -2.56. The average Bonchev–Trinajstić information content (AvgIpc) is 3.77. The van der Waals surface area contributed by atoms with Crippen LogP contribution in [0.2, 0.25) is 0 Å². The van der Waals surface area contributed by atoms with E-state index < -0.39 is 65.8 Å². The minimum Gasteiger partial charge on any atom is -0.455 e. The van der Waals surface area contributed by atoms with Crippen molar-refractivity contribution in [3.63, 3.8) is 0 Å². The number of nitrogens with two attached hydrogens (primary N) is 1. The van der Waals surface area contributed by atoms with Gasteiger partial charge in [-0.15, -0.1) is 23.1 Å². The molecular formula is C52H75N11O11S2. The highest BCUT2D eigenvalue weighted by atomic mass is 32.2. The molecule has 0 saturated carbocycles. The average molecular weight is 1090 g/mol. The van der Waals surface area contributed by atoms with Gasteiger partial charge in [0, 0.05) is 100 Å². The summed E-state index contributed by atoms with van der Waals surface area (Å²) in [5.41, 5.74) is 5.72. The number of aromatic nitrogens is 1. The van der Waals surface area contributed by atoms with Crippen molar-refractivity contribution >= 4 is 82.2 Å². The van der Waals surface area contributed by atoms with E-state index in [1.807, 2.05) is 70.0 Å². The molecule has 8 atom stereocenters. The van der Waals surface area contributed by atoms with E-state index in [0.717, 1.165) is 21.1 Å². The fourth-order valence-electron chi connectivity index (χ4n) is 8.81. The van der Waals surface area contributed by atoms with Gasteiger partial charge in [-0.25, -0.2) is 4.98 Å². The topological polar surface area (TPSA) is 283 Å². The zero-order chi connectivity index (χ0) is 55.6. The first-order valence-corrected chi connectivity index (χ1v) is 27.8. The fourth-order valence-corrected chi connectivity index (χ4v) is 10.6. The van der Waals surface area contributed by atoms with Crippen LogP contribution in [0.5, 0.6) is 0 Å². The van der Waals surface area contributed by atoms with Gasteiger partial charge < -0.3 is 46.4 Å². The molecule has 2 saturated heterocycles. The Labute approximate surface area is 453 Å². The lowest BCUT2D eigenvalue weighted by molar-refractivity contribution is -0.149. The van der Waals surface area contributed by atoms with Crippen LogP contribution in [-0.2, 0) is 47.9 Å². The van der Waals surface area contributed by atoms with Gasteiger partial charge in [-0.1, -0.05) is 52.3 Å². The molecule has 1 unspecified atom stereocenters. The number of piperazine rings is 1. The van der Waals surface area contributed by atoms with Crippen molar-refractivity contribution in [2.24, 2.45) is 17.6 Å². The second-order valence-electron chi connectivity index (χ2n) is 19.7. The number of thiazole rings is 1. The smallest absolute Gasteiger partial charge is 0.303 e. The van der Waals surface area contributed by atoms with Crippen molar-refractivity contribution in [3.8, 4) is 0 Å². The summed E-state index contributed by atoms with van der Waals surface area (Å²) < 4.78 is 5.80. The number of esters is 1. The lowest BCUT2D eigenvalue weighted by Gasteiger charge is -2.37. The zero-order valence-corrected chi connectivity index (χ0v) is 46.3. The van der Waals surface area contributed by atoms with Gasteiger partial charge >= 0.3 is 5.97 Å². The number of amides is 9. The van der Waals surface area contributed by atoms with Gasteiger partial charge in [0.05, 0.1) is 6.54 Å². The molecule has 0 spiro atoms. The Balaban J connectivity index is 1.23. The van der Waals surface area contributed by atoms with E-state index in [9.17, 15) is 47.9 Å². The number of benzene rings is 1. The zero-order valence-electron chi connectivity index (χ0n) is 44.6. The lowest BCUT2D eigenvalue weighted by atomic mass is 9.93. The second kappa shape index (κ2) is 29.3. The van der Waals surface area contributed by atoms with Crippen LogP contribution in [-0.4, -0.2) is 191 Å². The van der Waals surface area contributed by atoms with Crippen LogP contribution in [0.4, 0.5) is 0 Å². The highest BCUT2D eigenvalue weighted by Gasteiger charge is 2.41. The van der Waals surface area contributed by atoms with E-state index in [4.69, 9.17) is 10.5 Å². The van der Waals surface area contributed by atoms with Crippen molar-refractivity contribution in [2.75, 3.05) is 72.2 Å². The number of nitrogens with one attached hydrogen (secondary N) is 4. The minimum atomic E-state index is -1.19. The summed E-state index contributed by atoms with van der Waals surface area (Å²) in [4.78, 5) is 145. The Hall–Kier alpha value is -6.24. The molecule has 5 rings (SSSR count). The van der Waals surface area contributed by atoms with Crippen molar-refractivity contribution in [2.45, 2.75) is 121 Å². The molecule has 24 heteroatoms. The Bertz CT molecular complexity index is 2400. The maximum absolute atomic E-state index is 14.3. The summed E-state index contributed by atoms with van der Waals surface area (Å²) in [5.74, 6) is -4.67. The number of imide groups is 1. The molecule has 9 amide bonds. The molecule has 22 nitrogen and oxygen atoms in total. The van der Waals surface area contributed by atoms with Crippen LogP contribution in [0.15, 0.2) is 52.8 Å². The summed E-state index contributed by atoms with van der Waals surface area (Å²) in [6.45, 7) is 10.7. The number of unbranched alkanes of at least 4 members (excludes halogenated alkanes) is 1. The molecule has 0 aliphatic carbocycles. The van der Waals surface area contributed by atoms with Crippen LogP contribution in [0.3, 0.4) is 0 Å². The molecule has 0 bridgehead atoms. The molecule has 4 heterocycles. The van der Waals surface area contributed by atoms with Gasteiger partial charge in [0.2, 0.25) is 35.4 Å². The number of thioether (sulfide) groups is 1. The van der Waals surface area contributed by atoms with E-state index in [1.165, 1.54) is 41.1 Å². The third-order valence-electron chi connectivity index (χ3n) is 13.8. The summed E-state index contributed by atoms with van der Waals surface area (Å²) in [7, 11) is 3.50. The monoisotopic (exact) mass is 1090 g/mol. The summed E-state index contributed by atoms with van der Waals surface area (Å²) in [6, 6.07) is 5.39. The Morgan fingerprint density at radius 1 is 0.882 bits per heavy atom. The highest BCUT2D eigenvalue weighted by molar-refractivity contribution is 7.99. The molecule has 2 fully saturated rings. The molecular weight excluding hydrogens is 1020 g/mol. The molecule has 1 aromatic heterocycles. The number of hydrogen-bond donors (Lipinski definition) is 5. The van der Waals surface area contributed by atoms with Gasteiger partial charge in [-0.2, -0.15) is 0 Å². The summed E-state index contributed by atoms with van der Waals surface area (Å²) in [6.07, 6.45) is 3.84. The van der Waals surface area contributed by atoms with Gasteiger partial charge in [0.15, 0.2) is 6.10 Å². The summed E-state index contributed by atoms with van der Waals surface area (Å²) in [5, 5.41) is 13.0. The molecule has 3 aliphatic rings. The fraction of sp³-hybridized carbons (Fsp3) is 0.596. The quantitative estimate of drug-likeness (QED) is 0.0254. The van der Waals surface area contributed by atoms with Crippen LogP contribution < -0.4 is 27.0 Å². The number of rotatable bonds is 29. The number of carbonyl (C=O) groups is 10. The molecule has 0 radical (unpaired) electrons. The number of nitrogens with zero attached hydrogens (tertiary/aromatic N) is 6. The maximum Gasteiger partial charge on any atom is 0.303 e. The highest BCUT2D eigenvalue weighted by Crippen LogP contribution is 2.31. The standard InChI is InChI=1S/C52H75N11O11S2/c1-8-33(4)46(58-50(72)40-29-59(40)6)52(73)60(7)39(32(2)3)27-41(74-34(5)64)51-57-38(31-76-51)49(71)56-37(30-75-35-15-10-9-11-16-35)48(70)55-36(17-12-13-21-53)47(69)54-28-45(68)62-25-23-61(24-26-62)42(65)18-14-22-63-43(66)19-20-44(63)67/h9-11,15-16,19-20,31-33,36-37,39-41,46H,8,12-14,17-18,21-30,53H2,1-7H3,(H,54,69)(H,55,70)(H,56,71)(H,58,72)/t33-,36+,37-,39+,40+,41+,46-,59?/m0/s1. The number of ether oxygens (including phenoxy) is 1. The SMILES string of the molecule is CC[C@H](C)[C@H](NC(=O)[C@H]1CN1C)C(=O)N(C)[C@H](C[C@@H](OC(C)=O)c1nc(C(=O)N[C@@H](CSc2ccccc2)C(=O)N[C@H](CCCCN)C(=O)NCC(=O)N2CCN(C(=O)CCCN3C(=O)C=CC3=O)CC2)cs1)C(C)C. The van der Waals surface area contributed by atoms with E-state index in [-0.39, 0.29) is 116 Å². The molecule has 6 N–H and O–H groups in total. The Kier molecular flexibility index (Phi) is 23.4. The number of carbonyl (C=O) groups excluding carboxylic acids is 10. The first-order chi connectivity index (χ1) is 36.2. The Morgan fingerprint density at radius 2 is 1.53 bits per heavy atom. The van der Waals surface area contributed by atoms with E-state index in [0.29, 0.717) is 38.8 Å². The van der Waals surface area contributed by atoms with Crippen molar-refractivity contribution in [1.29, 1.82) is 0 Å². The largest absolute Gasteiger partial charge is 0.455 e. The minimum absolute atomic E-state index is 0.0543. The second-order valence-corrected chi connectivity index (χ2v) is 21.7. The van der Waals surface area contributed by atoms with Gasteiger partial charge in [-0.05, 0) is 63.2 Å². The molecule has 416 valence electrons. The molecule has 76 heavy (non-hydrogen) atoms. The Morgan fingerprint density at radius 3 is 2.12 bits per heavy atom. The molecule has 2 aromatic rings. The van der Waals surface area contributed by atoms with E-state index in [2.05, 4.69) is 26.3 Å². The predicted molar refractivity (Wildman–Crippen MR) is 285 cm³/mol. The van der Waals surface area contributed by atoms with E-state index >= 15 is 0 Å². The van der Waals surface area contributed by atoms with Gasteiger partial charge in [0.1, 0.15) is 34.9 Å². The van der Waals surface area contributed by atoms with E-state index in [1.54, 1.807) is 16.8 Å². The van der Waals surface area contributed by atoms with Crippen molar-refractivity contribution < 1.29 is 52.7 Å². The third kappa shape index (κ3) is 17.7. The van der Waals surface area contributed by atoms with Crippen molar-refractivity contribution in [1.82, 2.24) is 50.8 Å². The number of likely N-dealkylation sites (N-methyl/N-ethyl adjacent to an activating group) is 2. The van der Waals surface area contributed by atoms with Crippen molar-refractivity contribution in [3.05, 3.63) is 58.6 Å². The first-order valence-electron chi connectivity index (χ1n) is 26.0. The van der Waals surface area contributed by atoms with Crippen LogP contribution in [0.25, 0.3) is 0 Å². The predicted octanol–water partition coefficient (Wildman–Crippen LogP) is 1.46. The van der Waals surface area contributed by atoms with Crippen LogP contribution >= 0.6 is 23.1 Å². The maximum atomic E-state index is 14.3. The van der Waals surface area contributed by atoms with Crippen LogP contribution in [0.1, 0.15) is 101 Å². The normalized spacial score (nSPS) is 18.5. The first kappa shape index (κ1) is 60.6. The molecule has 1 aromatic carbocycles. The summed E-state index contributed by atoms with van der Waals surface area (Å²) >= 11 is 2.39. The van der Waals surface area contributed by atoms with Gasteiger partial charge in [-0.3, -0.25) is 57.7 Å². The number of hydrogen-bond acceptors (Lipinski definition) is 16. The van der Waals surface area contributed by atoms with Gasteiger partial charge in [0.25, 0.3) is 17.7 Å². The molecule has 3 aliphatic heterocycles. The van der Waals surface area contributed by atoms with Crippen LogP contribution in [0, 0.1) is 11.8 Å². The third-order valence-corrected chi connectivity index (χ3v) is 15.8.